The minimum atomic E-state index is -0.514. The molecule has 156 valence electrons. The maximum Gasteiger partial charge on any atom is 0.306 e. The van der Waals surface area contributed by atoms with Gasteiger partial charge in [0.1, 0.15) is 23.9 Å². The average molecular weight is 412 g/mol. The number of hydrogen-bond donors (Lipinski definition) is 0. The predicted molar refractivity (Wildman–Crippen MR) is 109 cm³/mol. The molecule has 0 radical (unpaired) electrons. The molecule has 3 aromatic rings. The summed E-state index contributed by atoms with van der Waals surface area (Å²) in [4.78, 5) is 11.4. The first kappa shape index (κ1) is 21.3. The Morgan fingerprint density at radius 1 is 0.933 bits per heavy atom. The van der Waals surface area contributed by atoms with Gasteiger partial charge in [-0.15, -0.1) is 0 Å². The molecule has 0 bridgehead atoms. The molecule has 0 aliphatic rings. The number of carbonyl (C=O) groups is 1. The van der Waals surface area contributed by atoms with Crippen molar-refractivity contribution in [2.45, 2.75) is 26.4 Å². The largest absolute Gasteiger partial charge is 0.486 e. The monoisotopic (exact) mass is 412 g/mol. The van der Waals surface area contributed by atoms with Crippen molar-refractivity contribution in [1.82, 2.24) is 0 Å². The Bertz CT molecular complexity index is 1000. The van der Waals surface area contributed by atoms with E-state index in [0.717, 1.165) is 0 Å². The van der Waals surface area contributed by atoms with Crippen LogP contribution < -0.4 is 9.47 Å². The highest BCUT2D eigenvalue weighted by atomic mass is 19.1. The lowest BCUT2D eigenvalue weighted by Gasteiger charge is -2.13. The summed E-state index contributed by atoms with van der Waals surface area (Å²) in [7, 11) is 0. The highest BCUT2D eigenvalue weighted by Gasteiger charge is 2.10. The molecule has 0 aromatic heterocycles. The number of hydrogen-bond acceptors (Lipinski definition) is 4. The first-order valence-corrected chi connectivity index (χ1v) is 9.63. The van der Waals surface area contributed by atoms with E-state index in [1.165, 1.54) is 24.3 Å². The smallest absolute Gasteiger partial charge is 0.306 e. The molecule has 0 atom stereocenters. The van der Waals surface area contributed by atoms with Crippen molar-refractivity contribution in [3.8, 4) is 17.2 Å². The second kappa shape index (κ2) is 10.4. The van der Waals surface area contributed by atoms with Crippen LogP contribution >= 0.6 is 0 Å². The summed E-state index contributed by atoms with van der Waals surface area (Å²) in [5, 5.41) is 0. The SMILES string of the molecule is CCOC(=O)CCc1ccc(OCc2ccccc2Oc2cccc(F)c2)c(F)c1. The number of ether oxygens (including phenoxy) is 3. The van der Waals surface area contributed by atoms with E-state index >= 15 is 0 Å². The third-order valence-corrected chi connectivity index (χ3v) is 4.30. The topological polar surface area (TPSA) is 44.8 Å². The van der Waals surface area contributed by atoms with Crippen LogP contribution in [0.1, 0.15) is 24.5 Å². The number of aryl methyl sites for hydroxylation is 1. The van der Waals surface area contributed by atoms with Gasteiger partial charge >= 0.3 is 5.97 Å². The number of esters is 1. The maximum absolute atomic E-state index is 14.4. The van der Waals surface area contributed by atoms with Crippen molar-refractivity contribution >= 4 is 5.97 Å². The standard InChI is InChI=1S/C24H22F2O4/c1-2-28-24(27)13-11-17-10-12-23(21(26)14-17)29-16-18-6-3-4-9-22(18)30-20-8-5-7-19(25)15-20/h3-10,12,14-15H,2,11,13,16H2,1H3. The Labute approximate surface area is 174 Å². The van der Waals surface area contributed by atoms with Crippen molar-refractivity contribution in [2.24, 2.45) is 0 Å². The summed E-state index contributed by atoms with van der Waals surface area (Å²) >= 11 is 0. The fraction of sp³-hybridized carbons (Fsp3) is 0.208. The second-order valence-corrected chi connectivity index (χ2v) is 6.53. The predicted octanol–water partition coefficient (Wildman–Crippen LogP) is 5.83. The van der Waals surface area contributed by atoms with Crippen LogP contribution in [0.25, 0.3) is 0 Å². The fourth-order valence-electron chi connectivity index (χ4n) is 2.83. The van der Waals surface area contributed by atoms with E-state index < -0.39 is 11.6 Å². The fourth-order valence-corrected chi connectivity index (χ4v) is 2.83. The molecule has 0 saturated heterocycles. The van der Waals surface area contributed by atoms with Gasteiger partial charge in [0, 0.05) is 18.1 Å². The first-order valence-electron chi connectivity index (χ1n) is 9.63. The van der Waals surface area contributed by atoms with Crippen LogP contribution in [-0.4, -0.2) is 12.6 Å². The maximum atomic E-state index is 14.4. The molecule has 0 unspecified atom stereocenters. The van der Waals surface area contributed by atoms with Crippen LogP contribution in [0.4, 0.5) is 8.78 Å². The number of rotatable bonds is 9. The van der Waals surface area contributed by atoms with Gasteiger partial charge in [0.05, 0.1) is 6.61 Å². The molecule has 0 amide bonds. The Balaban J connectivity index is 1.63. The van der Waals surface area contributed by atoms with Gasteiger partial charge in [-0.1, -0.05) is 30.3 Å². The Hall–Kier alpha value is -3.41. The number of para-hydroxylation sites is 1. The molecular formula is C24H22F2O4. The molecular weight excluding hydrogens is 390 g/mol. The van der Waals surface area contributed by atoms with Crippen LogP contribution in [0.15, 0.2) is 66.7 Å². The van der Waals surface area contributed by atoms with Gasteiger partial charge in [0.15, 0.2) is 11.6 Å². The summed E-state index contributed by atoms with van der Waals surface area (Å²) in [5.74, 6) is -0.274. The third-order valence-electron chi connectivity index (χ3n) is 4.30. The summed E-state index contributed by atoms with van der Waals surface area (Å²) in [6, 6.07) is 17.6. The Morgan fingerprint density at radius 3 is 2.53 bits per heavy atom. The molecule has 3 rings (SSSR count). The van der Waals surface area contributed by atoms with Crippen LogP contribution in [0.2, 0.25) is 0 Å². The zero-order chi connectivity index (χ0) is 21.3. The lowest BCUT2D eigenvalue weighted by Crippen LogP contribution is -2.05. The van der Waals surface area contributed by atoms with E-state index in [1.54, 1.807) is 43.3 Å². The number of halogens is 2. The van der Waals surface area contributed by atoms with E-state index in [9.17, 15) is 13.6 Å². The minimum absolute atomic E-state index is 0.0740. The molecule has 0 spiro atoms. The molecule has 0 heterocycles. The van der Waals surface area contributed by atoms with E-state index in [-0.39, 0.29) is 24.7 Å². The number of carbonyl (C=O) groups excluding carboxylic acids is 1. The molecule has 30 heavy (non-hydrogen) atoms. The van der Waals surface area contributed by atoms with Gasteiger partial charge in [-0.05, 0) is 49.2 Å². The quantitative estimate of drug-likeness (QED) is 0.415. The van der Waals surface area contributed by atoms with Crippen molar-refractivity contribution in [3.63, 3.8) is 0 Å². The van der Waals surface area contributed by atoms with Crippen LogP contribution in [0, 0.1) is 11.6 Å². The highest BCUT2D eigenvalue weighted by Crippen LogP contribution is 2.27. The minimum Gasteiger partial charge on any atom is -0.486 e. The number of benzene rings is 3. The molecule has 6 heteroatoms. The van der Waals surface area contributed by atoms with E-state index in [4.69, 9.17) is 14.2 Å². The van der Waals surface area contributed by atoms with Gasteiger partial charge in [-0.25, -0.2) is 8.78 Å². The molecule has 0 aliphatic carbocycles. The zero-order valence-electron chi connectivity index (χ0n) is 16.6. The first-order chi connectivity index (χ1) is 14.5. The van der Waals surface area contributed by atoms with Crippen molar-refractivity contribution < 1.29 is 27.8 Å². The van der Waals surface area contributed by atoms with Crippen LogP contribution in [-0.2, 0) is 22.6 Å². The van der Waals surface area contributed by atoms with E-state index in [0.29, 0.717) is 35.7 Å². The molecule has 0 saturated carbocycles. The average Bonchev–Trinajstić information content (AvgIpc) is 2.73. The lowest BCUT2D eigenvalue weighted by molar-refractivity contribution is -0.143. The molecule has 4 nitrogen and oxygen atoms in total. The van der Waals surface area contributed by atoms with E-state index in [1.807, 2.05) is 6.07 Å². The van der Waals surface area contributed by atoms with Gasteiger partial charge in [-0.3, -0.25) is 4.79 Å². The van der Waals surface area contributed by atoms with Gasteiger partial charge in [0.2, 0.25) is 0 Å². The molecule has 0 N–H and O–H groups in total. The molecule has 3 aromatic carbocycles. The van der Waals surface area contributed by atoms with E-state index in [2.05, 4.69) is 0 Å². The van der Waals surface area contributed by atoms with Gasteiger partial charge in [-0.2, -0.15) is 0 Å². The van der Waals surface area contributed by atoms with Crippen LogP contribution in [0.3, 0.4) is 0 Å². The van der Waals surface area contributed by atoms with Gasteiger partial charge in [0.25, 0.3) is 0 Å². The highest BCUT2D eigenvalue weighted by molar-refractivity contribution is 5.69. The zero-order valence-corrected chi connectivity index (χ0v) is 16.6. The summed E-state index contributed by atoms with van der Waals surface area (Å²) in [5.41, 5.74) is 1.37. The molecule has 0 aliphatic heterocycles. The lowest BCUT2D eigenvalue weighted by atomic mass is 10.1. The summed E-state index contributed by atoms with van der Waals surface area (Å²) in [6.45, 7) is 2.14. The third kappa shape index (κ3) is 6.04. The van der Waals surface area contributed by atoms with Crippen molar-refractivity contribution in [1.29, 1.82) is 0 Å². The summed E-state index contributed by atoms with van der Waals surface area (Å²) < 4.78 is 44.0. The Morgan fingerprint density at radius 2 is 1.77 bits per heavy atom. The normalized spacial score (nSPS) is 10.5. The second-order valence-electron chi connectivity index (χ2n) is 6.53. The van der Waals surface area contributed by atoms with Crippen molar-refractivity contribution in [3.05, 3.63) is 89.5 Å². The van der Waals surface area contributed by atoms with Crippen molar-refractivity contribution in [2.75, 3.05) is 6.61 Å². The van der Waals surface area contributed by atoms with Gasteiger partial charge < -0.3 is 14.2 Å². The Kier molecular flexibility index (Phi) is 7.38. The van der Waals surface area contributed by atoms with Crippen LogP contribution in [0.5, 0.6) is 17.2 Å². The molecule has 0 fully saturated rings. The summed E-state index contributed by atoms with van der Waals surface area (Å²) in [6.07, 6.45) is 0.582.